The lowest BCUT2D eigenvalue weighted by atomic mass is 10.1. The van der Waals surface area contributed by atoms with Gasteiger partial charge in [0, 0.05) is 18.0 Å². The number of rotatable bonds is 6. The second-order valence-electron chi connectivity index (χ2n) is 3.38. The molecule has 0 spiro atoms. The number of amides is 1. The first-order chi connectivity index (χ1) is 7.25. The first-order valence-electron chi connectivity index (χ1n) is 5.27. The van der Waals surface area contributed by atoms with Crippen molar-refractivity contribution in [1.82, 2.24) is 10.6 Å². The molecule has 0 aliphatic carbocycles. The lowest BCUT2D eigenvalue weighted by molar-refractivity contribution is -0.122. The van der Waals surface area contributed by atoms with Gasteiger partial charge in [-0.25, -0.2) is 0 Å². The summed E-state index contributed by atoms with van der Waals surface area (Å²) in [5.74, 6) is 0.0713. The van der Waals surface area contributed by atoms with Crippen LogP contribution in [0, 0.1) is 0 Å². The van der Waals surface area contributed by atoms with E-state index >= 15 is 0 Å². The van der Waals surface area contributed by atoms with Gasteiger partial charge >= 0.3 is 0 Å². The van der Waals surface area contributed by atoms with Crippen molar-refractivity contribution in [2.24, 2.45) is 0 Å². The maximum Gasteiger partial charge on any atom is 0.228 e. The summed E-state index contributed by atoms with van der Waals surface area (Å²) < 4.78 is 0. The molecule has 1 aromatic rings. The topological polar surface area (TPSA) is 41.1 Å². The smallest absolute Gasteiger partial charge is 0.228 e. The molecule has 4 heteroatoms. The Labute approximate surface area is 94.9 Å². The van der Waals surface area contributed by atoms with E-state index in [4.69, 9.17) is 0 Å². The first-order valence-corrected chi connectivity index (χ1v) is 6.15. The third-order valence-electron chi connectivity index (χ3n) is 2.21. The molecule has 0 aliphatic heterocycles. The van der Waals surface area contributed by atoms with Gasteiger partial charge in [-0.15, -0.1) is 11.3 Å². The van der Waals surface area contributed by atoms with Crippen LogP contribution in [0.15, 0.2) is 17.5 Å². The lowest BCUT2D eigenvalue weighted by Gasteiger charge is -2.10. The minimum atomic E-state index is -0.0355. The average molecular weight is 226 g/mol. The Balaban J connectivity index is 2.28. The van der Waals surface area contributed by atoms with Gasteiger partial charge in [-0.3, -0.25) is 4.79 Å². The van der Waals surface area contributed by atoms with E-state index in [0.717, 1.165) is 18.0 Å². The van der Waals surface area contributed by atoms with Crippen LogP contribution in [0.1, 0.15) is 24.6 Å². The molecule has 1 amide bonds. The van der Waals surface area contributed by atoms with E-state index in [-0.39, 0.29) is 11.8 Å². The van der Waals surface area contributed by atoms with Crippen molar-refractivity contribution >= 4 is 17.2 Å². The van der Waals surface area contributed by atoms with E-state index in [1.54, 1.807) is 11.3 Å². The summed E-state index contributed by atoms with van der Waals surface area (Å²) in [6.45, 7) is 6.46. The Morgan fingerprint density at radius 3 is 2.93 bits per heavy atom. The molecule has 1 unspecified atom stereocenters. The maximum atomic E-state index is 11.7. The van der Waals surface area contributed by atoms with Gasteiger partial charge in [0.1, 0.15) is 0 Å². The number of carbonyl (C=O) groups excluding carboxylic acids is 1. The van der Waals surface area contributed by atoms with Crippen LogP contribution in [0.5, 0.6) is 0 Å². The number of hydrogen-bond donors (Lipinski definition) is 2. The van der Waals surface area contributed by atoms with Gasteiger partial charge in [-0.2, -0.15) is 0 Å². The highest BCUT2D eigenvalue weighted by atomic mass is 32.1. The number of hydrogen-bond acceptors (Lipinski definition) is 3. The molecule has 0 aliphatic rings. The van der Waals surface area contributed by atoms with E-state index in [1.807, 2.05) is 24.4 Å². The fourth-order valence-electron chi connectivity index (χ4n) is 1.27. The number of carbonyl (C=O) groups is 1. The molecule has 0 aromatic carbocycles. The van der Waals surface area contributed by atoms with Crippen molar-refractivity contribution in [3.8, 4) is 0 Å². The molecule has 1 atom stereocenters. The van der Waals surface area contributed by atoms with Crippen LogP contribution in [0.4, 0.5) is 0 Å². The van der Waals surface area contributed by atoms with Crippen LogP contribution < -0.4 is 10.6 Å². The van der Waals surface area contributed by atoms with E-state index in [0.29, 0.717) is 6.54 Å². The molecule has 2 N–H and O–H groups in total. The molecule has 0 radical (unpaired) electrons. The monoisotopic (exact) mass is 226 g/mol. The Morgan fingerprint density at radius 2 is 2.33 bits per heavy atom. The standard InChI is InChI=1S/C11H18N2OS/c1-3-12-6-7-13-11(14)9(2)10-5-4-8-15-10/h4-5,8-9,12H,3,6-7H2,1-2H3,(H,13,14). The minimum Gasteiger partial charge on any atom is -0.354 e. The van der Waals surface area contributed by atoms with Gasteiger partial charge < -0.3 is 10.6 Å². The molecular weight excluding hydrogens is 208 g/mol. The summed E-state index contributed by atoms with van der Waals surface area (Å²) in [4.78, 5) is 12.8. The van der Waals surface area contributed by atoms with Gasteiger partial charge in [-0.1, -0.05) is 13.0 Å². The fraction of sp³-hybridized carbons (Fsp3) is 0.545. The highest BCUT2D eigenvalue weighted by Crippen LogP contribution is 2.20. The van der Waals surface area contributed by atoms with Gasteiger partial charge in [0.05, 0.1) is 5.92 Å². The second-order valence-corrected chi connectivity index (χ2v) is 4.36. The molecule has 84 valence electrons. The quantitative estimate of drug-likeness (QED) is 0.723. The number of nitrogens with one attached hydrogen (secondary N) is 2. The fourth-order valence-corrected chi connectivity index (χ4v) is 2.05. The molecule has 0 saturated heterocycles. The molecule has 3 nitrogen and oxygen atoms in total. The van der Waals surface area contributed by atoms with Crippen molar-refractivity contribution in [2.75, 3.05) is 19.6 Å². The van der Waals surface area contributed by atoms with Crippen molar-refractivity contribution in [3.05, 3.63) is 22.4 Å². The molecule has 0 saturated carbocycles. The Hall–Kier alpha value is -0.870. The normalized spacial score (nSPS) is 12.4. The van der Waals surface area contributed by atoms with E-state index in [1.165, 1.54) is 0 Å². The Bertz CT molecular complexity index is 285. The molecule has 0 bridgehead atoms. The molecule has 15 heavy (non-hydrogen) atoms. The van der Waals surface area contributed by atoms with Gasteiger partial charge in [0.15, 0.2) is 0 Å². The summed E-state index contributed by atoms with van der Waals surface area (Å²) in [7, 11) is 0. The zero-order valence-electron chi connectivity index (χ0n) is 9.25. The Morgan fingerprint density at radius 1 is 1.53 bits per heavy atom. The number of likely N-dealkylation sites (N-methyl/N-ethyl adjacent to an activating group) is 1. The summed E-state index contributed by atoms with van der Waals surface area (Å²) in [5, 5.41) is 8.07. The van der Waals surface area contributed by atoms with Crippen molar-refractivity contribution in [1.29, 1.82) is 0 Å². The third-order valence-corrected chi connectivity index (χ3v) is 3.27. The Kier molecular flexibility index (Phi) is 5.36. The van der Waals surface area contributed by atoms with Crippen molar-refractivity contribution < 1.29 is 4.79 Å². The summed E-state index contributed by atoms with van der Waals surface area (Å²) >= 11 is 1.63. The molecule has 1 heterocycles. The van der Waals surface area contributed by atoms with Crippen molar-refractivity contribution in [2.45, 2.75) is 19.8 Å². The van der Waals surface area contributed by atoms with Crippen LogP contribution in [-0.4, -0.2) is 25.5 Å². The highest BCUT2D eigenvalue weighted by molar-refractivity contribution is 7.10. The average Bonchev–Trinajstić information content (AvgIpc) is 2.76. The summed E-state index contributed by atoms with van der Waals surface area (Å²) in [5.41, 5.74) is 0. The van der Waals surface area contributed by atoms with Gasteiger partial charge in [0.25, 0.3) is 0 Å². The van der Waals surface area contributed by atoms with Crippen LogP contribution in [0.25, 0.3) is 0 Å². The van der Waals surface area contributed by atoms with Crippen molar-refractivity contribution in [3.63, 3.8) is 0 Å². The molecule has 0 fully saturated rings. The summed E-state index contributed by atoms with van der Waals surface area (Å²) in [6.07, 6.45) is 0. The molecule has 1 rings (SSSR count). The SMILES string of the molecule is CCNCCNC(=O)C(C)c1cccs1. The van der Waals surface area contributed by atoms with Gasteiger partial charge in [-0.05, 0) is 24.9 Å². The van der Waals surface area contributed by atoms with Crippen LogP contribution >= 0.6 is 11.3 Å². The second kappa shape index (κ2) is 6.58. The van der Waals surface area contributed by atoms with E-state index < -0.39 is 0 Å². The number of thiophene rings is 1. The predicted octanol–water partition coefficient (Wildman–Crippen LogP) is 1.58. The van der Waals surface area contributed by atoms with E-state index in [9.17, 15) is 4.79 Å². The highest BCUT2D eigenvalue weighted by Gasteiger charge is 2.14. The zero-order valence-corrected chi connectivity index (χ0v) is 10.1. The predicted molar refractivity (Wildman–Crippen MR) is 64.3 cm³/mol. The first kappa shape index (κ1) is 12.2. The largest absolute Gasteiger partial charge is 0.354 e. The van der Waals surface area contributed by atoms with Gasteiger partial charge in [0.2, 0.25) is 5.91 Å². The minimum absolute atomic E-state index is 0.0355. The zero-order chi connectivity index (χ0) is 11.1. The third kappa shape index (κ3) is 4.01. The molecular formula is C11H18N2OS. The van der Waals surface area contributed by atoms with E-state index in [2.05, 4.69) is 17.6 Å². The van der Waals surface area contributed by atoms with Crippen LogP contribution in [0.2, 0.25) is 0 Å². The van der Waals surface area contributed by atoms with Crippen LogP contribution in [0.3, 0.4) is 0 Å². The maximum absolute atomic E-state index is 11.7. The molecule has 1 aromatic heterocycles. The summed E-state index contributed by atoms with van der Waals surface area (Å²) in [6, 6.07) is 3.97. The van der Waals surface area contributed by atoms with Crippen LogP contribution in [-0.2, 0) is 4.79 Å². The lowest BCUT2D eigenvalue weighted by Crippen LogP contribution is -2.34.